The Bertz CT molecular complexity index is 871. The summed E-state index contributed by atoms with van der Waals surface area (Å²) >= 11 is 0. The van der Waals surface area contributed by atoms with Crippen molar-refractivity contribution in [3.8, 4) is 23.1 Å². The zero-order valence-electron chi connectivity index (χ0n) is 12.0. The summed E-state index contributed by atoms with van der Waals surface area (Å²) < 4.78 is 14.0. The average molecular weight is 313 g/mol. The Labute approximate surface area is 130 Å². The van der Waals surface area contributed by atoms with Gasteiger partial charge in [-0.15, -0.1) is 0 Å². The third kappa shape index (κ3) is 3.24. The number of carbonyl (C=O) groups excluding carboxylic acids is 1. The van der Waals surface area contributed by atoms with Crippen LogP contribution in [0.2, 0.25) is 0 Å². The smallest absolute Gasteiger partial charge is 0.244 e. The summed E-state index contributed by atoms with van der Waals surface area (Å²) in [5.74, 6) is -1.83. The first-order chi connectivity index (χ1) is 10.8. The van der Waals surface area contributed by atoms with Gasteiger partial charge in [0, 0.05) is 18.6 Å². The Hall–Kier alpha value is -3.47. The molecule has 2 rings (SSSR count). The number of amidine groups is 1. The molecule has 0 aliphatic carbocycles. The first-order valence-electron chi connectivity index (χ1n) is 6.38. The summed E-state index contributed by atoms with van der Waals surface area (Å²) in [6.07, 6.45) is 0. The van der Waals surface area contributed by atoms with Crippen molar-refractivity contribution in [1.29, 1.82) is 5.26 Å². The molecule has 1 aromatic carbocycles. The maximum absolute atomic E-state index is 14.0. The molecule has 23 heavy (non-hydrogen) atoms. The molecule has 7 nitrogen and oxygen atoms in total. The van der Waals surface area contributed by atoms with E-state index in [-0.39, 0.29) is 39.8 Å². The normalized spacial score (nSPS) is 11.1. The van der Waals surface area contributed by atoms with Crippen molar-refractivity contribution in [2.75, 3.05) is 5.73 Å². The topological polar surface area (TPSA) is 138 Å². The van der Waals surface area contributed by atoms with Gasteiger partial charge in [0.25, 0.3) is 0 Å². The molecule has 116 valence electrons. The molecule has 8 heteroatoms. The van der Waals surface area contributed by atoms with Crippen LogP contribution in [0.3, 0.4) is 0 Å². The van der Waals surface area contributed by atoms with Crippen molar-refractivity contribution >= 4 is 17.6 Å². The minimum absolute atomic E-state index is 0.000298. The standard InChI is InChI=1S/C15H12FN5O2/c1-7(22)20-14(18)11-4-8(6-17)13(21-15(11)19)10-3-2-9(23)5-12(10)16/h2-5,23H,1H3,(H2,19,21)(H2,18,20,22). The van der Waals surface area contributed by atoms with Gasteiger partial charge in [-0.1, -0.05) is 0 Å². The number of aromatic hydroxyl groups is 1. The quantitative estimate of drug-likeness (QED) is 0.564. The average Bonchev–Trinajstić information content (AvgIpc) is 2.46. The summed E-state index contributed by atoms with van der Waals surface area (Å²) in [6, 6.07) is 6.59. The van der Waals surface area contributed by atoms with Crippen LogP contribution in [0.5, 0.6) is 5.75 Å². The third-order valence-corrected chi connectivity index (χ3v) is 2.93. The third-order valence-electron chi connectivity index (χ3n) is 2.93. The maximum atomic E-state index is 14.0. The second-order valence-corrected chi connectivity index (χ2v) is 4.61. The first-order valence-corrected chi connectivity index (χ1v) is 6.38. The largest absolute Gasteiger partial charge is 0.508 e. The number of nitrogens with two attached hydrogens (primary N) is 2. The van der Waals surface area contributed by atoms with Gasteiger partial charge in [0.05, 0.1) is 16.8 Å². The fraction of sp³-hybridized carbons (Fsp3) is 0.0667. The molecule has 1 amide bonds. The predicted molar refractivity (Wildman–Crippen MR) is 81.8 cm³/mol. The van der Waals surface area contributed by atoms with Crippen molar-refractivity contribution in [3.05, 3.63) is 41.2 Å². The van der Waals surface area contributed by atoms with E-state index < -0.39 is 11.7 Å². The number of rotatable bonds is 2. The number of hydrogen-bond donors (Lipinski definition) is 3. The molecule has 0 saturated heterocycles. The minimum atomic E-state index is -0.758. The molecular weight excluding hydrogens is 301 g/mol. The van der Waals surface area contributed by atoms with Crippen LogP contribution in [0.15, 0.2) is 29.3 Å². The highest BCUT2D eigenvalue weighted by Gasteiger charge is 2.17. The molecule has 0 saturated carbocycles. The SMILES string of the molecule is CC(=O)N=C(N)c1cc(C#N)c(-c2ccc(O)cc2F)nc1N. The fourth-order valence-electron chi connectivity index (χ4n) is 1.95. The van der Waals surface area contributed by atoms with Gasteiger partial charge in [-0.2, -0.15) is 10.3 Å². The lowest BCUT2D eigenvalue weighted by atomic mass is 10.0. The Morgan fingerprint density at radius 2 is 2.13 bits per heavy atom. The van der Waals surface area contributed by atoms with Crippen LogP contribution < -0.4 is 11.5 Å². The van der Waals surface area contributed by atoms with Crippen LogP contribution in [-0.4, -0.2) is 21.8 Å². The Morgan fingerprint density at radius 3 is 2.70 bits per heavy atom. The molecule has 0 unspecified atom stereocenters. The van der Waals surface area contributed by atoms with Gasteiger partial charge in [-0.05, 0) is 18.2 Å². The van der Waals surface area contributed by atoms with E-state index >= 15 is 0 Å². The van der Waals surface area contributed by atoms with Gasteiger partial charge < -0.3 is 16.6 Å². The summed E-state index contributed by atoms with van der Waals surface area (Å²) in [6.45, 7) is 1.21. The number of benzene rings is 1. The lowest BCUT2D eigenvalue weighted by molar-refractivity contribution is -0.115. The molecule has 0 fully saturated rings. The fourth-order valence-corrected chi connectivity index (χ4v) is 1.95. The number of phenols is 1. The number of phenolic OH excluding ortho intramolecular Hbond substituents is 1. The molecule has 0 spiro atoms. The monoisotopic (exact) mass is 313 g/mol. The number of pyridine rings is 1. The van der Waals surface area contributed by atoms with Crippen molar-refractivity contribution < 1.29 is 14.3 Å². The van der Waals surface area contributed by atoms with Crippen LogP contribution in [-0.2, 0) is 4.79 Å². The molecular formula is C15H12FN5O2. The van der Waals surface area contributed by atoms with E-state index in [1.807, 2.05) is 6.07 Å². The molecule has 0 aliphatic rings. The number of anilines is 1. The van der Waals surface area contributed by atoms with E-state index in [2.05, 4.69) is 9.98 Å². The Kier molecular flexibility index (Phi) is 4.23. The number of halogens is 1. The highest BCUT2D eigenvalue weighted by atomic mass is 19.1. The summed E-state index contributed by atoms with van der Waals surface area (Å²) in [4.78, 5) is 18.5. The summed E-state index contributed by atoms with van der Waals surface area (Å²) in [7, 11) is 0. The number of nitrogens with zero attached hydrogens (tertiary/aromatic N) is 3. The molecule has 1 heterocycles. The van der Waals surface area contributed by atoms with Crippen LogP contribution in [0.4, 0.5) is 10.2 Å². The van der Waals surface area contributed by atoms with Crippen molar-refractivity contribution in [3.63, 3.8) is 0 Å². The van der Waals surface area contributed by atoms with Crippen molar-refractivity contribution in [2.24, 2.45) is 10.7 Å². The lowest BCUT2D eigenvalue weighted by Crippen LogP contribution is -2.18. The van der Waals surface area contributed by atoms with Crippen molar-refractivity contribution in [2.45, 2.75) is 6.92 Å². The second-order valence-electron chi connectivity index (χ2n) is 4.61. The van der Waals surface area contributed by atoms with E-state index in [0.717, 1.165) is 6.07 Å². The highest BCUT2D eigenvalue weighted by Crippen LogP contribution is 2.29. The number of nitrogen functional groups attached to an aromatic ring is 1. The molecule has 1 aromatic heterocycles. The number of nitriles is 1. The number of aliphatic imine (C=N–C) groups is 1. The van der Waals surface area contributed by atoms with Crippen LogP contribution >= 0.6 is 0 Å². The van der Waals surface area contributed by atoms with E-state index in [4.69, 9.17) is 11.5 Å². The van der Waals surface area contributed by atoms with Gasteiger partial charge in [-0.3, -0.25) is 4.79 Å². The zero-order chi connectivity index (χ0) is 17.1. The van der Waals surface area contributed by atoms with Gasteiger partial charge in [0.15, 0.2) is 0 Å². The molecule has 0 atom stereocenters. The molecule has 2 aromatic rings. The van der Waals surface area contributed by atoms with E-state index in [1.54, 1.807) is 0 Å². The van der Waals surface area contributed by atoms with Crippen LogP contribution in [0.25, 0.3) is 11.3 Å². The van der Waals surface area contributed by atoms with Crippen LogP contribution in [0.1, 0.15) is 18.1 Å². The lowest BCUT2D eigenvalue weighted by Gasteiger charge is -2.10. The van der Waals surface area contributed by atoms with Gasteiger partial charge in [-0.25, -0.2) is 9.37 Å². The zero-order valence-corrected chi connectivity index (χ0v) is 12.0. The Balaban J connectivity index is 2.67. The first kappa shape index (κ1) is 15.9. The predicted octanol–water partition coefficient (Wildman–Crippen LogP) is 1.30. The van der Waals surface area contributed by atoms with Crippen LogP contribution in [0, 0.1) is 17.1 Å². The van der Waals surface area contributed by atoms with Gasteiger partial charge in [0.1, 0.15) is 29.3 Å². The number of carbonyl (C=O) groups is 1. The van der Waals surface area contributed by atoms with Gasteiger partial charge >= 0.3 is 0 Å². The number of aromatic nitrogens is 1. The highest BCUT2D eigenvalue weighted by molar-refractivity contribution is 6.06. The van der Waals surface area contributed by atoms with E-state index in [9.17, 15) is 19.6 Å². The summed E-state index contributed by atoms with van der Waals surface area (Å²) in [5, 5.41) is 18.5. The molecule has 0 aliphatic heterocycles. The van der Waals surface area contributed by atoms with Gasteiger partial charge in [0.2, 0.25) is 5.91 Å². The van der Waals surface area contributed by atoms with E-state index in [1.165, 1.54) is 25.1 Å². The van der Waals surface area contributed by atoms with Crippen molar-refractivity contribution in [1.82, 2.24) is 4.98 Å². The number of hydrogen-bond acceptors (Lipinski definition) is 5. The second kappa shape index (κ2) is 6.11. The summed E-state index contributed by atoms with van der Waals surface area (Å²) in [5.41, 5.74) is 11.5. The van der Waals surface area contributed by atoms with E-state index in [0.29, 0.717) is 0 Å². The molecule has 5 N–H and O–H groups in total. The molecule has 0 radical (unpaired) electrons. The minimum Gasteiger partial charge on any atom is -0.508 e. The maximum Gasteiger partial charge on any atom is 0.244 e. The Morgan fingerprint density at radius 1 is 1.43 bits per heavy atom. The number of amides is 1. The molecule has 0 bridgehead atoms.